The molecule has 0 unspecified atom stereocenters. The number of nitrogens with zero attached hydrogens (tertiary/aromatic N) is 3. The predicted octanol–water partition coefficient (Wildman–Crippen LogP) is 2.32. The fourth-order valence-electron chi connectivity index (χ4n) is 4.59. The summed E-state index contributed by atoms with van der Waals surface area (Å²) in [6.07, 6.45) is 3.06. The molecule has 3 fully saturated rings. The number of ether oxygens (including phenoxy) is 1. The number of cyclic esters (lactones) is 1. The first-order valence-electron chi connectivity index (χ1n) is 10.3. The summed E-state index contributed by atoms with van der Waals surface area (Å²) in [5, 5.41) is 0.606. The highest BCUT2D eigenvalue weighted by atomic mass is 35.5. The lowest BCUT2D eigenvalue weighted by Crippen LogP contribution is -2.52. The van der Waals surface area contributed by atoms with Crippen molar-refractivity contribution in [2.75, 3.05) is 32.8 Å². The highest BCUT2D eigenvalue weighted by Gasteiger charge is 2.39. The fraction of sp³-hybridized carbons (Fsp3) is 0.571. The first-order chi connectivity index (χ1) is 14.0. The summed E-state index contributed by atoms with van der Waals surface area (Å²) < 4.78 is 5.02. The van der Waals surface area contributed by atoms with Crippen molar-refractivity contribution in [2.24, 2.45) is 0 Å². The van der Waals surface area contributed by atoms with E-state index in [1.165, 1.54) is 0 Å². The topological polar surface area (TPSA) is 70.2 Å². The molecule has 1 atom stereocenters. The van der Waals surface area contributed by atoms with Crippen molar-refractivity contribution in [2.45, 2.75) is 44.2 Å². The zero-order valence-corrected chi connectivity index (χ0v) is 17.1. The molecule has 3 aliphatic heterocycles. The maximum Gasteiger partial charge on any atom is 0.410 e. The Balaban J connectivity index is 1.34. The van der Waals surface area contributed by atoms with E-state index in [9.17, 15) is 14.4 Å². The molecule has 7 nitrogen and oxygen atoms in total. The third-order valence-electron chi connectivity index (χ3n) is 6.11. The van der Waals surface area contributed by atoms with Gasteiger partial charge in [0.05, 0.1) is 13.0 Å². The summed E-state index contributed by atoms with van der Waals surface area (Å²) in [5.74, 6) is 0.00204. The first kappa shape index (κ1) is 20.0. The number of halogens is 1. The Bertz CT molecular complexity index is 794. The standard InChI is InChI=1S/C21H26ClN3O4/c22-16-4-1-3-15(13-16)14-19(26)25-8-2-5-18(25)20(27)23-9-6-17(7-10-23)24-11-12-29-21(24)28/h1,3-4,13,17-18H,2,5-12,14H2/t18-/m1/s1. The van der Waals surface area contributed by atoms with Gasteiger partial charge >= 0.3 is 6.09 Å². The Morgan fingerprint density at radius 1 is 1.10 bits per heavy atom. The van der Waals surface area contributed by atoms with Crippen molar-refractivity contribution >= 4 is 29.5 Å². The SMILES string of the molecule is O=C([C@H]1CCCN1C(=O)Cc1cccc(Cl)c1)N1CCC(N2CCOC2=O)CC1. The normalized spacial score (nSPS) is 22.9. The molecule has 0 N–H and O–H groups in total. The van der Waals surface area contributed by atoms with Gasteiger partial charge in [-0.15, -0.1) is 0 Å². The van der Waals surface area contributed by atoms with E-state index in [1.807, 2.05) is 17.0 Å². The Labute approximate surface area is 175 Å². The molecule has 0 aliphatic carbocycles. The van der Waals surface area contributed by atoms with Crippen LogP contribution in [0, 0.1) is 0 Å². The summed E-state index contributed by atoms with van der Waals surface area (Å²) in [7, 11) is 0. The van der Waals surface area contributed by atoms with E-state index in [2.05, 4.69) is 0 Å². The van der Waals surface area contributed by atoms with Gasteiger partial charge in [0.15, 0.2) is 0 Å². The average molecular weight is 420 g/mol. The number of rotatable bonds is 4. The second-order valence-corrected chi connectivity index (χ2v) is 8.35. The quantitative estimate of drug-likeness (QED) is 0.751. The van der Waals surface area contributed by atoms with Gasteiger partial charge < -0.3 is 19.4 Å². The van der Waals surface area contributed by atoms with Crippen LogP contribution in [0.15, 0.2) is 24.3 Å². The van der Waals surface area contributed by atoms with Crippen LogP contribution >= 0.6 is 11.6 Å². The molecule has 29 heavy (non-hydrogen) atoms. The van der Waals surface area contributed by atoms with Crippen LogP contribution in [0.25, 0.3) is 0 Å². The molecule has 156 valence electrons. The second kappa shape index (κ2) is 8.61. The number of carbonyl (C=O) groups is 3. The summed E-state index contributed by atoms with van der Waals surface area (Å²) in [4.78, 5) is 43.1. The van der Waals surface area contributed by atoms with Crippen molar-refractivity contribution < 1.29 is 19.1 Å². The van der Waals surface area contributed by atoms with E-state index >= 15 is 0 Å². The number of piperidine rings is 1. The van der Waals surface area contributed by atoms with Crippen LogP contribution in [0.5, 0.6) is 0 Å². The van der Waals surface area contributed by atoms with E-state index in [0.29, 0.717) is 44.2 Å². The summed E-state index contributed by atoms with van der Waals surface area (Å²) in [6.45, 7) is 2.92. The van der Waals surface area contributed by atoms with Crippen molar-refractivity contribution in [1.82, 2.24) is 14.7 Å². The number of benzene rings is 1. The molecule has 1 aromatic rings. The van der Waals surface area contributed by atoms with Gasteiger partial charge in [-0.3, -0.25) is 9.59 Å². The molecule has 1 aromatic carbocycles. The number of likely N-dealkylation sites (tertiary alicyclic amines) is 2. The van der Waals surface area contributed by atoms with Crippen LogP contribution in [0.1, 0.15) is 31.2 Å². The Hall–Kier alpha value is -2.28. The maximum absolute atomic E-state index is 13.1. The molecule has 3 amide bonds. The molecular weight excluding hydrogens is 394 g/mol. The van der Waals surface area contributed by atoms with Gasteiger partial charge in [0.25, 0.3) is 0 Å². The van der Waals surface area contributed by atoms with Gasteiger partial charge in [-0.25, -0.2) is 4.79 Å². The van der Waals surface area contributed by atoms with Gasteiger partial charge in [0, 0.05) is 30.7 Å². The first-order valence-corrected chi connectivity index (χ1v) is 10.7. The second-order valence-electron chi connectivity index (χ2n) is 7.92. The minimum absolute atomic E-state index is 0.0298. The number of hydrogen-bond donors (Lipinski definition) is 0. The Morgan fingerprint density at radius 2 is 1.90 bits per heavy atom. The van der Waals surface area contributed by atoms with Crippen LogP contribution in [-0.4, -0.2) is 77.5 Å². The van der Waals surface area contributed by atoms with Crippen LogP contribution < -0.4 is 0 Å². The number of hydrogen-bond acceptors (Lipinski definition) is 4. The number of carbonyl (C=O) groups excluding carboxylic acids is 3. The van der Waals surface area contributed by atoms with Crippen LogP contribution in [-0.2, 0) is 20.7 Å². The Morgan fingerprint density at radius 3 is 2.59 bits per heavy atom. The van der Waals surface area contributed by atoms with E-state index in [0.717, 1.165) is 24.8 Å². The minimum atomic E-state index is -0.380. The van der Waals surface area contributed by atoms with Crippen molar-refractivity contribution in [3.05, 3.63) is 34.9 Å². The highest BCUT2D eigenvalue weighted by Crippen LogP contribution is 2.25. The van der Waals surface area contributed by atoms with E-state index in [1.54, 1.807) is 21.9 Å². The molecule has 3 saturated heterocycles. The van der Waals surface area contributed by atoms with Crippen LogP contribution in [0.2, 0.25) is 5.02 Å². The van der Waals surface area contributed by atoms with Crippen LogP contribution in [0.4, 0.5) is 4.79 Å². The molecule has 0 saturated carbocycles. The lowest BCUT2D eigenvalue weighted by atomic mass is 10.0. The molecule has 8 heteroatoms. The molecule has 0 spiro atoms. The third-order valence-corrected chi connectivity index (χ3v) is 6.35. The molecular formula is C21H26ClN3O4. The van der Waals surface area contributed by atoms with Gasteiger partial charge in [0.1, 0.15) is 12.6 Å². The van der Waals surface area contributed by atoms with E-state index in [4.69, 9.17) is 16.3 Å². The third kappa shape index (κ3) is 4.34. The minimum Gasteiger partial charge on any atom is -0.448 e. The fourth-order valence-corrected chi connectivity index (χ4v) is 4.80. The Kier molecular flexibility index (Phi) is 5.94. The van der Waals surface area contributed by atoms with Crippen molar-refractivity contribution in [1.29, 1.82) is 0 Å². The lowest BCUT2D eigenvalue weighted by molar-refractivity contribution is -0.144. The zero-order valence-electron chi connectivity index (χ0n) is 16.4. The lowest BCUT2D eigenvalue weighted by Gasteiger charge is -2.37. The molecule has 3 aliphatic rings. The molecule has 4 rings (SSSR count). The smallest absolute Gasteiger partial charge is 0.410 e. The number of amides is 3. The van der Waals surface area contributed by atoms with Crippen molar-refractivity contribution in [3.63, 3.8) is 0 Å². The largest absolute Gasteiger partial charge is 0.448 e. The summed E-state index contributed by atoms with van der Waals surface area (Å²) in [5.41, 5.74) is 0.860. The molecule has 0 bridgehead atoms. The van der Waals surface area contributed by atoms with Gasteiger partial charge in [-0.2, -0.15) is 0 Å². The predicted molar refractivity (Wildman–Crippen MR) is 108 cm³/mol. The van der Waals surface area contributed by atoms with E-state index in [-0.39, 0.29) is 36.4 Å². The summed E-state index contributed by atoms with van der Waals surface area (Å²) in [6, 6.07) is 7.04. The van der Waals surface area contributed by atoms with Gasteiger partial charge in [0.2, 0.25) is 11.8 Å². The van der Waals surface area contributed by atoms with Crippen LogP contribution in [0.3, 0.4) is 0 Å². The van der Waals surface area contributed by atoms with Gasteiger partial charge in [-0.1, -0.05) is 23.7 Å². The van der Waals surface area contributed by atoms with Crippen molar-refractivity contribution in [3.8, 4) is 0 Å². The van der Waals surface area contributed by atoms with Gasteiger partial charge in [-0.05, 0) is 43.4 Å². The molecule has 0 aromatic heterocycles. The summed E-state index contributed by atoms with van der Waals surface area (Å²) >= 11 is 6.02. The van der Waals surface area contributed by atoms with E-state index < -0.39 is 0 Å². The zero-order chi connectivity index (χ0) is 20.4. The highest BCUT2D eigenvalue weighted by molar-refractivity contribution is 6.30. The molecule has 0 radical (unpaired) electrons. The average Bonchev–Trinajstić information content (AvgIpc) is 3.37. The maximum atomic E-state index is 13.1. The monoisotopic (exact) mass is 419 g/mol. The molecule has 3 heterocycles.